The van der Waals surface area contributed by atoms with Crippen LogP contribution in [0.25, 0.3) is 16.6 Å². The molecule has 1 amide bonds. The molecule has 0 saturated carbocycles. The van der Waals surface area contributed by atoms with Crippen molar-refractivity contribution in [3.8, 4) is 11.4 Å². The molecule has 0 unspecified atom stereocenters. The number of hydrogen-bond donors (Lipinski definition) is 0. The Morgan fingerprint density at radius 3 is 2.21 bits per heavy atom. The van der Waals surface area contributed by atoms with Gasteiger partial charge < -0.3 is 18.7 Å². The van der Waals surface area contributed by atoms with Gasteiger partial charge in [-0.2, -0.15) is 0 Å². The molecule has 2 heterocycles. The molecule has 0 N–H and O–H groups in total. The molecule has 1 saturated heterocycles. The Labute approximate surface area is 277 Å². The van der Waals surface area contributed by atoms with Crippen molar-refractivity contribution in [2.45, 2.75) is 72.1 Å². The summed E-state index contributed by atoms with van der Waals surface area (Å²) in [6, 6.07) is 14.3. The summed E-state index contributed by atoms with van der Waals surface area (Å²) < 4.78 is 37.4. The van der Waals surface area contributed by atoms with Gasteiger partial charge in [-0.1, -0.05) is 18.9 Å². The molecular weight excluding hydrogens is 596 g/mol. The molecule has 1 aliphatic rings. The van der Waals surface area contributed by atoms with E-state index in [2.05, 4.69) is 13.1 Å². The molecule has 47 heavy (non-hydrogen) atoms. The van der Waals surface area contributed by atoms with E-state index in [4.69, 9.17) is 4.74 Å². The lowest BCUT2D eigenvalue weighted by molar-refractivity contribution is -0.914. The summed E-state index contributed by atoms with van der Waals surface area (Å²) >= 11 is 0. The van der Waals surface area contributed by atoms with Crippen LogP contribution in [0.2, 0.25) is 0 Å². The number of quaternary nitrogens is 1. The first-order chi connectivity index (χ1) is 22.6. The SMILES string of the molecule is CCN(C(=O)c1cn(-c2cc(C)cc(C)c2)c2cc(OCCCCCCC[N+]3(C)CCCCC3)ccc2c1=O)c1cc(F)cc(F)c1. The van der Waals surface area contributed by atoms with Gasteiger partial charge >= 0.3 is 0 Å². The van der Waals surface area contributed by atoms with Crippen molar-refractivity contribution in [3.63, 3.8) is 0 Å². The molecule has 0 atom stereocenters. The van der Waals surface area contributed by atoms with Gasteiger partial charge in [-0.15, -0.1) is 0 Å². The number of amides is 1. The molecule has 4 aromatic rings. The second-order valence-electron chi connectivity index (χ2n) is 13.4. The number of aryl methyl sites for hydroxylation is 2. The predicted molar refractivity (Wildman–Crippen MR) is 186 cm³/mol. The molecular formula is C39H48F2N3O3+. The van der Waals surface area contributed by atoms with Crippen molar-refractivity contribution in [2.24, 2.45) is 0 Å². The molecule has 0 aliphatic carbocycles. The Morgan fingerprint density at radius 2 is 1.53 bits per heavy atom. The molecule has 3 aromatic carbocycles. The van der Waals surface area contributed by atoms with Crippen LogP contribution < -0.4 is 15.1 Å². The fourth-order valence-electron chi connectivity index (χ4n) is 6.95. The van der Waals surface area contributed by atoms with Gasteiger partial charge in [0.25, 0.3) is 5.91 Å². The minimum atomic E-state index is -0.798. The highest BCUT2D eigenvalue weighted by molar-refractivity contribution is 6.07. The van der Waals surface area contributed by atoms with Gasteiger partial charge in [-0.25, -0.2) is 8.78 Å². The topological polar surface area (TPSA) is 51.5 Å². The first-order valence-corrected chi connectivity index (χ1v) is 17.1. The average Bonchev–Trinajstić information content (AvgIpc) is 3.02. The minimum Gasteiger partial charge on any atom is -0.494 e. The Kier molecular flexibility index (Phi) is 11.1. The standard InChI is InChI=1S/C39H48F2N3O3/c1-5-42(33-24-30(40)23-31(41)25-33)39(46)36-27-43(32-21-28(2)20-29(3)22-32)37-26-34(14-15-35(37)38(36)45)47-19-13-8-6-7-10-16-44(4)17-11-9-12-18-44/h14-15,20-27H,5-13,16-19H2,1-4H3/q+1. The highest BCUT2D eigenvalue weighted by Gasteiger charge is 2.25. The summed E-state index contributed by atoms with van der Waals surface area (Å²) in [4.78, 5) is 28.9. The number of fused-ring (bicyclic) bond motifs is 1. The summed E-state index contributed by atoms with van der Waals surface area (Å²) in [5, 5.41) is 0.355. The van der Waals surface area contributed by atoms with Crippen LogP contribution in [0, 0.1) is 25.5 Å². The smallest absolute Gasteiger partial charge is 0.263 e. The van der Waals surface area contributed by atoms with Crippen LogP contribution in [0.1, 0.15) is 79.8 Å². The van der Waals surface area contributed by atoms with E-state index in [1.54, 1.807) is 19.1 Å². The molecule has 8 heteroatoms. The number of hydrogen-bond acceptors (Lipinski definition) is 3. The van der Waals surface area contributed by atoms with Crippen LogP contribution >= 0.6 is 0 Å². The van der Waals surface area contributed by atoms with Gasteiger partial charge in [0.05, 0.1) is 38.8 Å². The van der Waals surface area contributed by atoms with Crippen LogP contribution in [0.3, 0.4) is 0 Å². The highest BCUT2D eigenvalue weighted by Crippen LogP contribution is 2.26. The number of rotatable bonds is 13. The van der Waals surface area contributed by atoms with Crippen LogP contribution in [-0.4, -0.2) is 54.8 Å². The number of aromatic nitrogens is 1. The molecule has 1 aromatic heterocycles. The monoisotopic (exact) mass is 644 g/mol. The van der Waals surface area contributed by atoms with E-state index in [-0.39, 0.29) is 17.8 Å². The largest absolute Gasteiger partial charge is 0.494 e. The Bertz CT molecular complexity index is 1740. The molecule has 0 bridgehead atoms. The number of likely N-dealkylation sites (tertiary alicyclic amines) is 1. The van der Waals surface area contributed by atoms with Crippen LogP contribution in [-0.2, 0) is 0 Å². The molecule has 1 aliphatic heterocycles. The normalized spacial score (nSPS) is 14.3. The zero-order valence-corrected chi connectivity index (χ0v) is 28.3. The number of benzene rings is 3. The lowest BCUT2D eigenvalue weighted by Crippen LogP contribution is -2.48. The zero-order chi connectivity index (χ0) is 33.6. The Morgan fingerprint density at radius 1 is 0.872 bits per heavy atom. The highest BCUT2D eigenvalue weighted by atomic mass is 19.1. The third-order valence-corrected chi connectivity index (χ3v) is 9.42. The minimum absolute atomic E-state index is 0.0499. The van der Waals surface area contributed by atoms with E-state index in [1.807, 2.05) is 36.6 Å². The van der Waals surface area contributed by atoms with Gasteiger partial charge in [-0.05, 0) is 107 Å². The lowest BCUT2D eigenvalue weighted by atomic mass is 10.1. The molecule has 1 fully saturated rings. The third kappa shape index (κ3) is 8.47. The molecule has 5 rings (SSSR count). The number of unbranched alkanes of at least 4 members (excludes halogenated alkanes) is 4. The van der Waals surface area contributed by atoms with Gasteiger partial charge in [0, 0.05) is 41.6 Å². The van der Waals surface area contributed by atoms with E-state index >= 15 is 0 Å². The maximum absolute atomic E-state index is 14.1. The number of nitrogens with zero attached hydrogens (tertiary/aromatic N) is 3. The van der Waals surface area contributed by atoms with Crippen LogP contribution in [0.5, 0.6) is 5.75 Å². The quantitative estimate of drug-likeness (QED) is 0.108. The number of pyridine rings is 1. The van der Waals surface area contributed by atoms with Crippen molar-refractivity contribution in [1.29, 1.82) is 0 Å². The van der Waals surface area contributed by atoms with Crippen molar-refractivity contribution in [2.75, 3.05) is 44.7 Å². The predicted octanol–water partition coefficient (Wildman–Crippen LogP) is 8.51. The number of anilines is 1. The number of ether oxygens (including phenoxy) is 1. The van der Waals surface area contributed by atoms with Crippen LogP contribution in [0.4, 0.5) is 14.5 Å². The number of carbonyl (C=O) groups excluding carboxylic acids is 1. The second kappa shape index (κ2) is 15.2. The van der Waals surface area contributed by atoms with Crippen molar-refractivity contribution < 1.29 is 22.8 Å². The van der Waals surface area contributed by atoms with Gasteiger partial charge in [0.2, 0.25) is 5.43 Å². The number of piperidine rings is 1. The fraction of sp³-hybridized carbons (Fsp3) is 0.436. The molecule has 6 nitrogen and oxygen atoms in total. The molecule has 250 valence electrons. The Balaban J connectivity index is 1.35. The first kappa shape index (κ1) is 34.3. The maximum Gasteiger partial charge on any atom is 0.263 e. The van der Waals surface area contributed by atoms with Gasteiger partial charge in [0.15, 0.2) is 0 Å². The number of carbonyl (C=O) groups is 1. The van der Waals surface area contributed by atoms with E-state index < -0.39 is 23.0 Å². The summed E-state index contributed by atoms with van der Waals surface area (Å²) in [6.07, 6.45) is 11.4. The van der Waals surface area contributed by atoms with Crippen LogP contribution in [0.15, 0.2) is 65.6 Å². The summed E-state index contributed by atoms with van der Waals surface area (Å²) in [5.41, 5.74) is 2.98. The summed E-state index contributed by atoms with van der Waals surface area (Å²) in [5.74, 6) is -1.57. The molecule has 0 radical (unpaired) electrons. The zero-order valence-electron chi connectivity index (χ0n) is 28.3. The van der Waals surface area contributed by atoms with Crippen molar-refractivity contribution >= 4 is 22.5 Å². The number of halogens is 2. The van der Waals surface area contributed by atoms with E-state index in [9.17, 15) is 18.4 Å². The summed E-state index contributed by atoms with van der Waals surface area (Å²) in [7, 11) is 2.41. The third-order valence-electron chi connectivity index (χ3n) is 9.42. The lowest BCUT2D eigenvalue weighted by Gasteiger charge is -2.37. The Hall–Kier alpha value is -4.04. The maximum atomic E-state index is 14.1. The van der Waals surface area contributed by atoms with Crippen molar-refractivity contribution in [1.82, 2.24) is 4.57 Å². The fourth-order valence-corrected chi connectivity index (χ4v) is 6.95. The van der Waals surface area contributed by atoms with E-state index in [0.717, 1.165) is 47.9 Å². The average molecular weight is 645 g/mol. The van der Waals surface area contributed by atoms with E-state index in [1.165, 1.54) is 73.7 Å². The second-order valence-corrected chi connectivity index (χ2v) is 13.4. The van der Waals surface area contributed by atoms with Crippen molar-refractivity contribution in [3.05, 3.63) is 99.3 Å². The first-order valence-electron chi connectivity index (χ1n) is 17.1. The summed E-state index contributed by atoms with van der Waals surface area (Å²) in [6.45, 7) is 10.3. The van der Waals surface area contributed by atoms with Gasteiger partial charge in [-0.3, -0.25) is 9.59 Å². The van der Waals surface area contributed by atoms with E-state index in [0.29, 0.717) is 23.3 Å². The van der Waals surface area contributed by atoms with Gasteiger partial charge in [0.1, 0.15) is 22.9 Å². The molecule has 0 spiro atoms.